The first kappa shape index (κ1) is 22.1. The highest BCUT2D eigenvalue weighted by Crippen LogP contribution is 2.42. The quantitative estimate of drug-likeness (QED) is 0.568. The van der Waals surface area contributed by atoms with E-state index in [-0.39, 0.29) is 23.6 Å². The maximum absolute atomic E-state index is 13.5. The Balaban J connectivity index is 1.69. The first-order valence-corrected chi connectivity index (χ1v) is 9.60. The lowest BCUT2D eigenvalue weighted by Crippen LogP contribution is -2.29. The molecule has 0 saturated heterocycles. The molecule has 0 aliphatic heterocycles. The number of carbonyl (C=O) groups excluding carboxylic acids is 1. The van der Waals surface area contributed by atoms with Crippen LogP contribution in [-0.2, 0) is 12.6 Å². The van der Waals surface area contributed by atoms with Crippen LogP contribution in [0.4, 0.5) is 22.0 Å². The Morgan fingerprint density at radius 3 is 2.37 bits per heavy atom. The van der Waals surface area contributed by atoms with Gasteiger partial charge in [0.1, 0.15) is 5.75 Å². The van der Waals surface area contributed by atoms with Crippen molar-refractivity contribution in [1.29, 1.82) is 0 Å². The molecule has 2 aromatic carbocycles. The molecule has 1 saturated carbocycles. The first-order chi connectivity index (χ1) is 14.0. The minimum Gasteiger partial charge on any atom is -0.435 e. The standard InChI is InChI=1S/C22H22F5NO2/c1-12(2)9-13-3-8-16(18(10-13)22(25,26)27)20(29)28-19-11-17(19)14-4-6-15(7-5-14)30-21(23)24/h3-8,10,12,17,19,21H,9,11H2,1-2H3,(H,28,29). The number of hydrogen-bond donors (Lipinski definition) is 1. The van der Waals surface area contributed by atoms with E-state index < -0.39 is 29.8 Å². The number of benzene rings is 2. The molecule has 8 heteroatoms. The molecule has 0 aromatic heterocycles. The summed E-state index contributed by atoms with van der Waals surface area (Å²) in [5, 5.41) is 2.65. The zero-order valence-electron chi connectivity index (χ0n) is 16.5. The van der Waals surface area contributed by atoms with Crippen LogP contribution in [0.15, 0.2) is 42.5 Å². The van der Waals surface area contributed by atoms with Crippen molar-refractivity contribution in [1.82, 2.24) is 5.32 Å². The molecule has 1 fully saturated rings. The van der Waals surface area contributed by atoms with Crippen LogP contribution < -0.4 is 10.1 Å². The number of carbonyl (C=O) groups is 1. The largest absolute Gasteiger partial charge is 0.435 e. The summed E-state index contributed by atoms with van der Waals surface area (Å²) in [6, 6.07) is 9.52. The van der Waals surface area contributed by atoms with Crippen molar-refractivity contribution in [2.45, 2.75) is 51.4 Å². The number of ether oxygens (including phenoxy) is 1. The van der Waals surface area contributed by atoms with Gasteiger partial charge in [-0.05, 0) is 54.2 Å². The van der Waals surface area contributed by atoms with Crippen molar-refractivity contribution in [2.75, 3.05) is 0 Å². The molecule has 0 heterocycles. The van der Waals surface area contributed by atoms with Gasteiger partial charge in [-0.3, -0.25) is 4.79 Å². The van der Waals surface area contributed by atoms with E-state index in [4.69, 9.17) is 0 Å². The Morgan fingerprint density at radius 1 is 1.13 bits per heavy atom. The van der Waals surface area contributed by atoms with Gasteiger partial charge in [-0.15, -0.1) is 0 Å². The highest BCUT2D eigenvalue weighted by molar-refractivity contribution is 5.96. The predicted octanol–water partition coefficient (Wildman–Crippen LogP) is 5.79. The third-order valence-corrected chi connectivity index (χ3v) is 4.92. The second-order valence-corrected chi connectivity index (χ2v) is 7.85. The zero-order chi connectivity index (χ0) is 22.1. The maximum Gasteiger partial charge on any atom is 0.417 e. The van der Waals surface area contributed by atoms with Gasteiger partial charge >= 0.3 is 12.8 Å². The van der Waals surface area contributed by atoms with Gasteiger partial charge in [-0.2, -0.15) is 22.0 Å². The van der Waals surface area contributed by atoms with Gasteiger partial charge < -0.3 is 10.1 Å². The van der Waals surface area contributed by atoms with Gasteiger partial charge in [0.15, 0.2) is 0 Å². The maximum atomic E-state index is 13.5. The van der Waals surface area contributed by atoms with E-state index in [2.05, 4.69) is 10.1 Å². The molecule has 2 aromatic rings. The van der Waals surface area contributed by atoms with Crippen LogP contribution in [0.1, 0.15) is 53.2 Å². The molecule has 30 heavy (non-hydrogen) atoms. The summed E-state index contributed by atoms with van der Waals surface area (Å²) in [5.74, 6) is -0.644. The summed E-state index contributed by atoms with van der Waals surface area (Å²) >= 11 is 0. The SMILES string of the molecule is CC(C)Cc1ccc(C(=O)NC2CC2c2ccc(OC(F)F)cc2)c(C(F)(F)F)c1. The summed E-state index contributed by atoms with van der Waals surface area (Å²) in [4.78, 5) is 12.5. The van der Waals surface area contributed by atoms with Crippen LogP contribution in [0.25, 0.3) is 0 Å². The van der Waals surface area contributed by atoms with Gasteiger partial charge in [0.05, 0.1) is 11.1 Å². The van der Waals surface area contributed by atoms with Gasteiger partial charge in [0, 0.05) is 12.0 Å². The van der Waals surface area contributed by atoms with Crippen LogP contribution in [0.3, 0.4) is 0 Å². The highest BCUT2D eigenvalue weighted by atomic mass is 19.4. The molecule has 0 radical (unpaired) electrons. The zero-order valence-corrected chi connectivity index (χ0v) is 16.5. The molecular weight excluding hydrogens is 405 g/mol. The van der Waals surface area contributed by atoms with Gasteiger partial charge in [0.2, 0.25) is 0 Å². The summed E-state index contributed by atoms with van der Waals surface area (Å²) in [5.41, 5.74) is -0.0142. The lowest BCUT2D eigenvalue weighted by atomic mass is 9.97. The van der Waals surface area contributed by atoms with Crippen LogP contribution in [0, 0.1) is 5.92 Å². The summed E-state index contributed by atoms with van der Waals surface area (Å²) < 4.78 is 69.2. The Morgan fingerprint density at radius 2 is 1.80 bits per heavy atom. The Labute approximate surface area is 171 Å². The molecule has 3 rings (SSSR count). The lowest BCUT2D eigenvalue weighted by Gasteiger charge is -2.15. The number of nitrogens with one attached hydrogen (secondary N) is 1. The summed E-state index contributed by atoms with van der Waals surface area (Å²) in [6.07, 6.45) is -3.59. The van der Waals surface area contributed by atoms with Crippen molar-refractivity contribution < 1.29 is 31.5 Å². The number of hydrogen-bond acceptors (Lipinski definition) is 2. The van der Waals surface area contributed by atoms with E-state index in [1.807, 2.05) is 13.8 Å². The Bertz CT molecular complexity index is 893. The third kappa shape index (κ3) is 5.49. The molecule has 3 nitrogen and oxygen atoms in total. The average molecular weight is 427 g/mol. The van der Waals surface area contributed by atoms with Gasteiger partial charge in [0.25, 0.3) is 5.91 Å². The number of rotatable bonds is 7. The van der Waals surface area contributed by atoms with Crippen molar-refractivity contribution in [3.63, 3.8) is 0 Å². The third-order valence-electron chi connectivity index (χ3n) is 4.92. The van der Waals surface area contributed by atoms with Crippen LogP contribution in [0.2, 0.25) is 0 Å². The van der Waals surface area contributed by atoms with Gasteiger partial charge in [-0.1, -0.05) is 32.0 Å². The minimum absolute atomic E-state index is 0.0197. The molecule has 162 valence electrons. The molecule has 1 N–H and O–H groups in total. The number of alkyl halides is 5. The highest BCUT2D eigenvalue weighted by Gasteiger charge is 2.41. The van der Waals surface area contributed by atoms with Crippen LogP contribution >= 0.6 is 0 Å². The summed E-state index contributed by atoms with van der Waals surface area (Å²) in [6.45, 7) is 0.902. The molecule has 0 spiro atoms. The Hall–Kier alpha value is -2.64. The van der Waals surface area contributed by atoms with Gasteiger partial charge in [-0.25, -0.2) is 0 Å². The van der Waals surface area contributed by atoms with Crippen molar-refractivity contribution in [3.05, 3.63) is 64.7 Å². The van der Waals surface area contributed by atoms with E-state index in [1.54, 1.807) is 18.2 Å². The van der Waals surface area contributed by atoms with Crippen molar-refractivity contribution >= 4 is 5.91 Å². The van der Waals surface area contributed by atoms with E-state index in [0.717, 1.165) is 11.6 Å². The minimum atomic E-state index is -4.64. The number of halogens is 5. The molecule has 1 aliphatic carbocycles. The summed E-state index contributed by atoms with van der Waals surface area (Å²) in [7, 11) is 0. The fraction of sp³-hybridized carbons (Fsp3) is 0.409. The normalized spacial score (nSPS) is 18.6. The van der Waals surface area contributed by atoms with Crippen molar-refractivity contribution in [3.8, 4) is 5.75 Å². The fourth-order valence-corrected chi connectivity index (χ4v) is 3.49. The van der Waals surface area contributed by atoms with Crippen molar-refractivity contribution in [2.24, 2.45) is 5.92 Å². The molecule has 2 unspecified atom stereocenters. The molecule has 0 bridgehead atoms. The first-order valence-electron chi connectivity index (χ1n) is 9.60. The topological polar surface area (TPSA) is 38.3 Å². The number of amides is 1. The monoisotopic (exact) mass is 427 g/mol. The smallest absolute Gasteiger partial charge is 0.417 e. The lowest BCUT2D eigenvalue weighted by molar-refractivity contribution is -0.138. The second kappa shape index (κ2) is 8.62. The predicted molar refractivity (Wildman–Crippen MR) is 102 cm³/mol. The molecule has 1 aliphatic rings. The average Bonchev–Trinajstić information content (AvgIpc) is 3.39. The van der Waals surface area contributed by atoms with E-state index >= 15 is 0 Å². The van der Waals surface area contributed by atoms with Crippen LogP contribution in [0.5, 0.6) is 5.75 Å². The fourth-order valence-electron chi connectivity index (χ4n) is 3.49. The molecule has 2 atom stereocenters. The molecule has 1 amide bonds. The Kier molecular flexibility index (Phi) is 6.33. The second-order valence-electron chi connectivity index (χ2n) is 7.85. The van der Waals surface area contributed by atoms with Crippen LogP contribution in [-0.4, -0.2) is 18.6 Å². The molecular formula is C22H22F5NO2. The van der Waals surface area contributed by atoms with E-state index in [1.165, 1.54) is 18.2 Å². The van der Waals surface area contributed by atoms with E-state index in [9.17, 15) is 26.7 Å². The van der Waals surface area contributed by atoms with E-state index in [0.29, 0.717) is 18.4 Å².